The predicted molar refractivity (Wildman–Crippen MR) is 205 cm³/mol. The molecule has 0 heterocycles. The fraction of sp³-hybridized carbons (Fsp3) is 0.929. The molecule has 0 aromatic heterocycles. The first-order chi connectivity index (χ1) is 23.5. The van der Waals surface area contributed by atoms with E-state index in [0.29, 0.717) is 32.4 Å². The monoisotopic (exact) mass is 679 g/mol. The van der Waals surface area contributed by atoms with Crippen molar-refractivity contribution in [2.45, 2.75) is 239 Å². The SMILES string of the molecule is CCCCCCCCCCCCOC(=O)[C@H](CCCCNC(=O)CCCCCCCCCCC)NC(=O)CCCCCCCCCCC. The molecule has 1 atom stereocenters. The normalized spacial score (nSPS) is 11.8. The van der Waals surface area contributed by atoms with Crippen LogP contribution in [0.15, 0.2) is 0 Å². The van der Waals surface area contributed by atoms with E-state index in [9.17, 15) is 14.4 Å². The maximum Gasteiger partial charge on any atom is 0.328 e. The molecule has 284 valence electrons. The van der Waals surface area contributed by atoms with Crippen LogP contribution >= 0.6 is 0 Å². The van der Waals surface area contributed by atoms with E-state index >= 15 is 0 Å². The Morgan fingerprint density at radius 3 is 1.25 bits per heavy atom. The maximum absolute atomic E-state index is 13.0. The fourth-order valence-corrected chi connectivity index (χ4v) is 6.36. The topological polar surface area (TPSA) is 84.5 Å². The summed E-state index contributed by atoms with van der Waals surface area (Å²) in [5, 5.41) is 6.03. The third kappa shape index (κ3) is 34.3. The second-order valence-electron chi connectivity index (χ2n) is 14.5. The summed E-state index contributed by atoms with van der Waals surface area (Å²) >= 11 is 0. The number of hydrogen-bond donors (Lipinski definition) is 2. The molecule has 0 aromatic rings. The maximum atomic E-state index is 13.0. The highest BCUT2D eigenvalue weighted by Gasteiger charge is 2.21. The zero-order valence-corrected chi connectivity index (χ0v) is 32.5. The smallest absolute Gasteiger partial charge is 0.328 e. The van der Waals surface area contributed by atoms with Gasteiger partial charge in [0.05, 0.1) is 6.61 Å². The molecule has 2 amide bonds. The quantitative estimate of drug-likeness (QED) is 0.0503. The largest absolute Gasteiger partial charge is 0.464 e. The lowest BCUT2D eigenvalue weighted by molar-refractivity contribution is -0.148. The molecule has 0 unspecified atom stereocenters. The van der Waals surface area contributed by atoms with Gasteiger partial charge in [0.15, 0.2) is 0 Å². The van der Waals surface area contributed by atoms with E-state index < -0.39 is 6.04 Å². The van der Waals surface area contributed by atoms with Gasteiger partial charge in [-0.2, -0.15) is 0 Å². The van der Waals surface area contributed by atoms with Crippen LogP contribution in [0.4, 0.5) is 0 Å². The van der Waals surface area contributed by atoms with Gasteiger partial charge in [-0.3, -0.25) is 9.59 Å². The van der Waals surface area contributed by atoms with Crippen molar-refractivity contribution in [2.75, 3.05) is 13.2 Å². The second kappa shape index (κ2) is 38.2. The molecule has 0 aliphatic rings. The van der Waals surface area contributed by atoms with Crippen LogP contribution in [0.3, 0.4) is 0 Å². The van der Waals surface area contributed by atoms with Crippen molar-refractivity contribution in [1.29, 1.82) is 0 Å². The molecule has 0 aromatic carbocycles. The molecular weight excluding hydrogens is 596 g/mol. The minimum absolute atomic E-state index is 0.0481. The number of nitrogens with one attached hydrogen (secondary N) is 2. The average molecular weight is 679 g/mol. The number of unbranched alkanes of at least 4 members (excludes halogenated alkanes) is 26. The minimum Gasteiger partial charge on any atom is -0.464 e. The molecule has 0 saturated carbocycles. The first-order valence-electron chi connectivity index (χ1n) is 21.3. The molecule has 6 nitrogen and oxygen atoms in total. The molecule has 0 aliphatic carbocycles. The Kier molecular flexibility index (Phi) is 36.9. The summed E-state index contributed by atoms with van der Waals surface area (Å²) < 4.78 is 5.64. The Morgan fingerprint density at radius 2 is 0.812 bits per heavy atom. The van der Waals surface area contributed by atoms with Gasteiger partial charge >= 0.3 is 5.97 Å². The number of esters is 1. The second-order valence-corrected chi connectivity index (χ2v) is 14.5. The summed E-state index contributed by atoms with van der Waals surface area (Å²) in [4.78, 5) is 38.0. The number of amides is 2. The van der Waals surface area contributed by atoms with Crippen molar-refractivity contribution in [3.63, 3.8) is 0 Å². The fourth-order valence-electron chi connectivity index (χ4n) is 6.36. The van der Waals surface area contributed by atoms with Gasteiger partial charge < -0.3 is 15.4 Å². The number of ether oxygens (including phenoxy) is 1. The molecule has 2 N–H and O–H groups in total. The standard InChI is InChI=1S/C42H82N2O4/c1-4-7-10-13-16-19-22-25-28-33-38-48-42(47)39(44-41(46)36-30-27-24-21-18-15-12-9-6-3)34-31-32-37-43-40(45)35-29-26-23-20-17-14-11-8-5-2/h39H,4-38H2,1-3H3,(H,43,45)(H,44,46)/t39-/m0/s1. The van der Waals surface area contributed by atoms with Crippen molar-refractivity contribution in [2.24, 2.45) is 0 Å². The van der Waals surface area contributed by atoms with Crippen LogP contribution in [0.1, 0.15) is 233 Å². The first-order valence-corrected chi connectivity index (χ1v) is 21.3. The number of carbonyl (C=O) groups excluding carboxylic acids is 3. The van der Waals surface area contributed by atoms with Gasteiger partial charge in [-0.1, -0.05) is 181 Å². The zero-order chi connectivity index (χ0) is 35.2. The van der Waals surface area contributed by atoms with Crippen LogP contribution in [0.2, 0.25) is 0 Å². The van der Waals surface area contributed by atoms with Crippen molar-refractivity contribution < 1.29 is 19.1 Å². The van der Waals surface area contributed by atoms with Crippen molar-refractivity contribution in [3.8, 4) is 0 Å². The van der Waals surface area contributed by atoms with E-state index in [1.54, 1.807) is 0 Å². The molecule has 0 fully saturated rings. The molecule has 0 saturated heterocycles. The summed E-state index contributed by atoms with van der Waals surface area (Å²) in [6.07, 6.45) is 37.7. The number of hydrogen-bond acceptors (Lipinski definition) is 4. The number of rotatable bonds is 38. The summed E-state index contributed by atoms with van der Waals surface area (Å²) in [6.45, 7) is 7.79. The Hall–Kier alpha value is -1.59. The lowest BCUT2D eigenvalue weighted by atomic mass is 10.1. The number of carbonyl (C=O) groups is 3. The Morgan fingerprint density at radius 1 is 0.438 bits per heavy atom. The molecule has 0 aliphatic heterocycles. The van der Waals surface area contributed by atoms with Crippen LogP contribution in [0.5, 0.6) is 0 Å². The van der Waals surface area contributed by atoms with Gasteiger partial charge in [0.25, 0.3) is 0 Å². The first kappa shape index (κ1) is 46.4. The lowest BCUT2D eigenvalue weighted by Gasteiger charge is -2.18. The van der Waals surface area contributed by atoms with E-state index in [1.165, 1.54) is 141 Å². The zero-order valence-electron chi connectivity index (χ0n) is 32.5. The third-order valence-electron chi connectivity index (χ3n) is 9.62. The van der Waals surface area contributed by atoms with E-state index in [2.05, 4.69) is 31.4 Å². The Bertz CT molecular complexity index is 714. The average Bonchev–Trinajstić information content (AvgIpc) is 3.08. The van der Waals surface area contributed by atoms with Crippen LogP contribution in [-0.2, 0) is 19.1 Å². The van der Waals surface area contributed by atoms with Gasteiger partial charge in [0.1, 0.15) is 6.04 Å². The van der Waals surface area contributed by atoms with Crippen LogP contribution in [-0.4, -0.2) is 37.0 Å². The van der Waals surface area contributed by atoms with E-state index in [0.717, 1.165) is 51.4 Å². The van der Waals surface area contributed by atoms with Crippen LogP contribution in [0, 0.1) is 0 Å². The molecule has 48 heavy (non-hydrogen) atoms. The van der Waals surface area contributed by atoms with Gasteiger partial charge in [-0.25, -0.2) is 4.79 Å². The van der Waals surface area contributed by atoms with E-state index in [4.69, 9.17) is 4.74 Å². The van der Waals surface area contributed by atoms with Crippen molar-refractivity contribution in [3.05, 3.63) is 0 Å². The summed E-state index contributed by atoms with van der Waals surface area (Å²) in [6, 6.07) is -0.600. The van der Waals surface area contributed by atoms with Crippen LogP contribution in [0.25, 0.3) is 0 Å². The van der Waals surface area contributed by atoms with Gasteiger partial charge in [0.2, 0.25) is 11.8 Å². The van der Waals surface area contributed by atoms with Gasteiger partial charge in [-0.05, 0) is 38.5 Å². The van der Waals surface area contributed by atoms with Crippen LogP contribution < -0.4 is 10.6 Å². The summed E-state index contributed by atoms with van der Waals surface area (Å²) in [7, 11) is 0. The molecule has 6 heteroatoms. The molecule has 0 bridgehead atoms. The van der Waals surface area contributed by atoms with Gasteiger partial charge in [0, 0.05) is 19.4 Å². The Labute approximate surface area is 298 Å². The predicted octanol–water partition coefficient (Wildman–Crippen LogP) is 12.1. The molecule has 0 rings (SSSR count). The molecule has 0 radical (unpaired) electrons. The highest BCUT2D eigenvalue weighted by molar-refractivity contribution is 5.84. The summed E-state index contributed by atoms with van der Waals surface area (Å²) in [5.74, 6) is -0.228. The van der Waals surface area contributed by atoms with E-state index in [-0.39, 0.29) is 17.8 Å². The minimum atomic E-state index is -0.600. The van der Waals surface area contributed by atoms with Gasteiger partial charge in [-0.15, -0.1) is 0 Å². The Balaban J connectivity index is 4.30. The van der Waals surface area contributed by atoms with Crippen molar-refractivity contribution >= 4 is 17.8 Å². The van der Waals surface area contributed by atoms with E-state index in [1.807, 2.05) is 0 Å². The molecular formula is C42H82N2O4. The highest BCUT2D eigenvalue weighted by atomic mass is 16.5. The van der Waals surface area contributed by atoms with Crippen molar-refractivity contribution in [1.82, 2.24) is 10.6 Å². The summed E-state index contributed by atoms with van der Waals surface area (Å²) in [5.41, 5.74) is 0. The third-order valence-corrected chi connectivity index (χ3v) is 9.62. The molecule has 0 spiro atoms. The lowest BCUT2D eigenvalue weighted by Crippen LogP contribution is -2.42. The highest BCUT2D eigenvalue weighted by Crippen LogP contribution is 2.14.